The van der Waals surface area contributed by atoms with Crippen LogP contribution in [0.3, 0.4) is 0 Å². The average Bonchev–Trinajstić information content (AvgIpc) is 3.23. The van der Waals surface area contributed by atoms with E-state index in [9.17, 15) is 9.18 Å². The summed E-state index contributed by atoms with van der Waals surface area (Å²) in [4.78, 5) is 22.7. The van der Waals surface area contributed by atoms with Gasteiger partial charge in [-0.15, -0.1) is 0 Å². The van der Waals surface area contributed by atoms with Gasteiger partial charge >= 0.3 is 0 Å². The Balaban J connectivity index is 1.39. The third kappa shape index (κ3) is 3.37. The summed E-state index contributed by atoms with van der Waals surface area (Å²) < 4.78 is 19.2. The van der Waals surface area contributed by atoms with E-state index in [1.807, 2.05) is 0 Å². The molecule has 6 nitrogen and oxygen atoms in total. The second kappa shape index (κ2) is 7.17. The molecule has 2 aliphatic heterocycles. The van der Waals surface area contributed by atoms with Crippen LogP contribution < -0.4 is 5.32 Å². The third-order valence-electron chi connectivity index (χ3n) is 4.98. The quantitative estimate of drug-likeness (QED) is 0.887. The molecule has 1 amide bonds. The normalized spacial score (nSPS) is 24.5. The first-order chi connectivity index (χ1) is 12.6. The van der Waals surface area contributed by atoms with Crippen LogP contribution >= 0.6 is 11.6 Å². The van der Waals surface area contributed by atoms with Crippen molar-refractivity contribution in [3.63, 3.8) is 0 Å². The van der Waals surface area contributed by atoms with Crippen molar-refractivity contribution < 1.29 is 13.9 Å². The highest BCUT2D eigenvalue weighted by atomic mass is 35.5. The Bertz CT molecular complexity index is 807. The fourth-order valence-corrected chi connectivity index (χ4v) is 3.78. The summed E-state index contributed by atoms with van der Waals surface area (Å²) in [5.74, 6) is 0.439. The van der Waals surface area contributed by atoms with Crippen LogP contribution in [0.5, 0.6) is 0 Å². The van der Waals surface area contributed by atoms with Gasteiger partial charge in [-0.25, -0.2) is 14.4 Å². The van der Waals surface area contributed by atoms with Crippen molar-refractivity contribution in [3.05, 3.63) is 53.1 Å². The molecule has 26 heavy (non-hydrogen) atoms. The van der Waals surface area contributed by atoms with E-state index in [0.717, 1.165) is 0 Å². The molecule has 0 aliphatic carbocycles. The Morgan fingerprint density at radius 2 is 2.15 bits per heavy atom. The lowest BCUT2D eigenvalue weighted by molar-refractivity contribution is 0.0680. The molecule has 3 atom stereocenters. The van der Waals surface area contributed by atoms with Gasteiger partial charge in [-0.05, 0) is 24.3 Å². The summed E-state index contributed by atoms with van der Waals surface area (Å²) in [6.45, 7) is 2.49. The average molecular weight is 377 g/mol. The molecule has 3 heterocycles. The summed E-state index contributed by atoms with van der Waals surface area (Å²) in [5, 5.41) is 3.18. The molecule has 0 saturated carbocycles. The van der Waals surface area contributed by atoms with E-state index < -0.39 is 5.82 Å². The standard InChI is InChI=1S/C18H18ClFN4O2/c19-14-6-11(2-3-15(14)20)17(25)24-8-13-12(10-26-16(13)9-24)7-23-18-21-4-1-5-22-18/h1-6,12-13,16H,7-10H2,(H,21,22,23)/t12-,13+,16+/m1/s1. The van der Waals surface area contributed by atoms with Gasteiger partial charge in [-0.3, -0.25) is 4.79 Å². The van der Waals surface area contributed by atoms with Crippen LogP contribution in [0.4, 0.5) is 10.3 Å². The number of nitrogens with zero attached hydrogens (tertiary/aromatic N) is 3. The monoisotopic (exact) mass is 376 g/mol. The lowest BCUT2D eigenvalue weighted by atomic mass is 9.93. The van der Waals surface area contributed by atoms with Gasteiger partial charge in [-0.2, -0.15) is 0 Å². The number of carbonyl (C=O) groups is 1. The van der Waals surface area contributed by atoms with Crippen molar-refractivity contribution in [3.8, 4) is 0 Å². The van der Waals surface area contributed by atoms with Crippen molar-refractivity contribution in [1.29, 1.82) is 0 Å². The summed E-state index contributed by atoms with van der Waals surface area (Å²) in [6, 6.07) is 5.82. The number of amides is 1. The SMILES string of the molecule is O=C(c1ccc(F)c(Cl)c1)N1C[C@H]2[C@H](CNc3ncccn3)CO[C@H]2C1. The fraction of sp³-hybridized carbons (Fsp3) is 0.389. The zero-order valence-electron chi connectivity index (χ0n) is 13.9. The molecule has 4 rings (SSSR count). The van der Waals surface area contributed by atoms with Crippen LogP contribution in [-0.2, 0) is 4.74 Å². The largest absolute Gasteiger partial charge is 0.376 e. The molecule has 0 unspecified atom stereocenters. The second-order valence-electron chi connectivity index (χ2n) is 6.59. The van der Waals surface area contributed by atoms with E-state index in [1.54, 1.807) is 23.4 Å². The van der Waals surface area contributed by atoms with Crippen molar-refractivity contribution in [2.45, 2.75) is 6.10 Å². The first-order valence-corrected chi connectivity index (χ1v) is 8.86. The fourth-order valence-electron chi connectivity index (χ4n) is 3.60. The Morgan fingerprint density at radius 3 is 2.92 bits per heavy atom. The number of halogens is 2. The Kier molecular flexibility index (Phi) is 4.74. The molecule has 8 heteroatoms. The minimum absolute atomic E-state index is 0.0263. The highest BCUT2D eigenvalue weighted by molar-refractivity contribution is 6.31. The summed E-state index contributed by atoms with van der Waals surface area (Å²) in [7, 11) is 0. The van der Waals surface area contributed by atoms with Crippen molar-refractivity contribution in [1.82, 2.24) is 14.9 Å². The summed E-state index contributed by atoms with van der Waals surface area (Å²) in [6.07, 6.45) is 3.40. The second-order valence-corrected chi connectivity index (χ2v) is 7.00. The lowest BCUT2D eigenvalue weighted by Gasteiger charge is -2.20. The van der Waals surface area contributed by atoms with Gasteiger partial charge < -0.3 is 15.0 Å². The van der Waals surface area contributed by atoms with Gasteiger partial charge in [0.25, 0.3) is 5.91 Å². The van der Waals surface area contributed by atoms with Crippen molar-refractivity contribution in [2.75, 3.05) is 31.6 Å². The molecule has 2 aromatic rings. The molecular formula is C18H18ClFN4O2. The number of nitrogens with one attached hydrogen (secondary N) is 1. The van der Waals surface area contributed by atoms with Gasteiger partial charge in [0.05, 0.1) is 17.7 Å². The van der Waals surface area contributed by atoms with E-state index >= 15 is 0 Å². The Hall–Kier alpha value is -2.25. The zero-order valence-corrected chi connectivity index (χ0v) is 14.7. The van der Waals surface area contributed by atoms with E-state index in [-0.39, 0.29) is 28.9 Å². The van der Waals surface area contributed by atoms with Crippen LogP contribution in [0, 0.1) is 17.7 Å². The predicted octanol–water partition coefficient (Wildman–Crippen LogP) is 2.47. The minimum atomic E-state index is -0.529. The van der Waals surface area contributed by atoms with Gasteiger partial charge in [0.2, 0.25) is 5.95 Å². The topological polar surface area (TPSA) is 67.4 Å². The van der Waals surface area contributed by atoms with E-state index in [2.05, 4.69) is 15.3 Å². The number of fused-ring (bicyclic) bond motifs is 1. The van der Waals surface area contributed by atoms with Crippen LogP contribution in [0.15, 0.2) is 36.7 Å². The Labute approximate surface area is 155 Å². The van der Waals surface area contributed by atoms with Crippen molar-refractivity contribution >= 4 is 23.5 Å². The van der Waals surface area contributed by atoms with Gasteiger partial charge in [0.1, 0.15) is 5.82 Å². The maximum absolute atomic E-state index is 13.3. The number of benzene rings is 1. The van der Waals surface area contributed by atoms with Crippen LogP contribution in [-0.4, -0.2) is 53.1 Å². The van der Waals surface area contributed by atoms with E-state index in [4.69, 9.17) is 16.3 Å². The molecule has 2 fully saturated rings. The number of likely N-dealkylation sites (tertiary alicyclic amines) is 1. The lowest BCUT2D eigenvalue weighted by Crippen LogP contribution is -2.32. The summed E-state index contributed by atoms with van der Waals surface area (Å²) >= 11 is 5.79. The maximum Gasteiger partial charge on any atom is 0.254 e. The highest BCUT2D eigenvalue weighted by Gasteiger charge is 2.45. The molecule has 1 aromatic heterocycles. The molecule has 1 aromatic carbocycles. The van der Waals surface area contributed by atoms with Crippen molar-refractivity contribution in [2.24, 2.45) is 11.8 Å². The smallest absolute Gasteiger partial charge is 0.254 e. The highest BCUT2D eigenvalue weighted by Crippen LogP contribution is 2.34. The van der Waals surface area contributed by atoms with E-state index in [1.165, 1.54) is 18.2 Å². The number of carbonyl (C=O) groups excluding carboxylic acids is 1. The van der Waals surface area contributed by atoms with Crippen LogP contribution in [0.2, 0.25) is 5.02 Å². The predicted molar refractivity (Wildman–Crippen MR) is 94.6 cm³/mol. The number of ether oxygens (including phenoxy) is 1. The molecule has 0 bridgehead atoms. The van der Waals surface area contributed by atoms with Gasteiger partial charge in [0.15, 0.2) is 0 Å². The maximum atomic E-state index is 13.3. The molecule has 136 valence electrons. The molecular weight excluding hydrogens is 359 g/mol. The zero-order chi connectivity index (χ0) is 18.1. The number of anilines is 1. The van der Waals surface area contributed by atoms with Crippen LogP contribution in [0.25, 0.3) is 0 Å². The molecule has 0 spiro atoms. The minimum Gasteiger partial charge on any atom is -0.376 e. The number of rotatable bonds is 4. The van der Waals surface area contributed by atoms with Crippen LogP contribution in [0.1, 0.15) is 10.4 Å². The number of hydrogen-bond donors (Lipinski definition) is 1. The molecule has 0 radical (unpaired) electrons. The number of hydrogen-bond acceptors (Lipinski definition) is 5. The van der Waals surface area contributed by atoms with Gasteiger partial charge in [0, 0.05) is 49.4 Å². The number of aromatic nitrogens is 2. The summed E-state index contributed by atoms with van der Waals surface area (Å²) in [5.41, 5.74) is 0.392. The Morgan fingerprint density at radius 1 is 1.35 bits per heavy atom. The molecule has 2 saturated heterocycles. The molecule has 2 aliphatic rings. The van der Waals surface area contributed by atoms with E-state index in [0.29, 0.717) is 37.8 Å². The van der Waals surface area contributed by atoms with Gasteiger partial charge in [-0.1, -0.05) is 11.6 Å². The first-order valence-electron chi connectivity index (χ1n) is 8.48. The third-order valence-corrected chi connectivity index (χ3v) is 5.27. The molecule has 1 N–H and O–H groups in total. The first kappa shape index (κ1) is 17.2.